The van der Waals surface area contributed by atoms with Crippen LogP contribution in [0.2, 0.25) is 0 Å². The first kappa shape index (κ1) is 36.3. The maximum atomic E-state index is 13.9. The van der Waals surface area contributed by atoms with E-state index in [4.69, 9.17) is 4.74 Å². The first-order chi connectivity index (χ1) is 23.0. The molecule has 1 aromatic carbocycles. The van der Waals surface area contributed by atoms with Gasteiger partial charge in [-0.2, -0.15) is 18.0 Å². The molecule has 49 heavy (non-hydrogen) atoms. The lowest BCUT2D eigenvalue weighted by Gasteiger charge is -2.31. The Labute approximate surface area is 278 Å². The fraction of sp³-hybridized carbons (Fsp3) is 0.655. The van der Waals surface area contributed by atoms with E-state index in [9.17, 15) is 44.8 Å². The van der Waals surface area contributed by atoms with Crippen LogP contribution in [0, 0.1) is 11.8 Å². The average Bonchev–Trinajstić information content (AvgIpc) is 3.91. The molecule has 2 heterocycles. The summed E-state index contributed by atoms with van der Waals surface area (Å²) in [6.07, 6.45) is -8.92. The molecule has 0 radical (unpaired) electrons. The number of sulfonamides is 1. The number of likely N-dealkylation sites (tertiary alicyclic amines) is 1. The molecule has 3 N–H and O–H groups in total. The number of tetrazole rings is 1. The molecule has 0 bridgehead atoms. The van der Waals surface area contributed by atoms with Crippen LogP contribution in [0.1, 0.15) is 52.0 Å². The normalized spacial score (nSPS) is 24.6. The van der Waals surface area contributed by atoms with Gasteiger partial charge in [0.15, 0.2) is 0 Å². The molecule has 20 heteroatoms. The van der Waals surface area contributed by atoms with Crippen molar-refractivity contribution in [2.75, 3.05) is 20.2 Å². The number of amides is 3. The predicted molar refractivity (Wildman–Crippen MR) is 161 cm³/mol. The van der Waals surface area contributed by atoms with Crippen molar-refractivity contribution in [3.8, 4) is 17.1 Å². The summed E-state index contributed by atoms with van der Waals surface area (Å²) >= 11 is 0. The molecule has 5 rings (SSSR count). The molecule has 3 amide bonds. The summed E-state index contributed by atoms with van der Waals surface area (Å²) in [5, 5.41) is 16.6. The summed E-state index contributed by atoms with van der Waals surface area (Å²) in [7, 11) is -2.65. The Kier molecular flexibility index (Phi) is 10.2. The number of hydrogen-bond acceptors (Lipinski definition) is 10. The maximum absolute atomic E-state index is 13.9. The molecule has 3 aliphatic rings. The zero-order valence-electron chi connectivity index (χ0n) is 26.8. The lowest BCUT2D eigenvalue weighted by atomic mass is 10.0. The van der Waals surface area contributed by atoms with Crippen LogP contribution in [0.3, 0.4) is 0 Å². The number of benzene rings is 1. The molecule has 2 saturated carbocycles. The summed E-state index contributed by atoms with van der Waals surface area (Å²) in [5.41, 5.74) is -1.68. The van der Waals surface area contributed by atoms with Crippen LogP contribution in [0.15, 0.2) is 24.3 Å². The fourth-order valence-corrected chi connectivity index (χ4v) is 7.27. The van der Waals surface area contributed by atoms with Crippen molar-refractivity contribution < 1.29 is 49.5 Å². The Balaban J connectivity index is 1.41. The van der Waals surface area contributed by atoms with E-state index in [1.54, 1.807) is 38.1 Å². The third kappa shape index (κ3) is 8.11. The van der Waals surface area contributed by atoms with E-state index < -0.39 is 100 Å². The Morgan fingerprint density at radius 2 is 1.80 bits per heavy atom. The standard InChI is InChI=1S/C29H37F5N8O6S/c1-15(2)22(35-11-10-29(32,33)34)26(44)41-14-17(42-38-24(37-40-42)16-4-6-18(48-3)7-5-16)12-21(41)25(43)36-28(13-20(28)23(30)31)27(45)39-49(46,47)19-8-9-19/h4-7,15,17,19-23,35H,8-14H2,1-3H3,(H,36,43)(H,39,45)/t17-,20+,21?,22+,28-/m1/s1. The van der Waals surface area contributed by atoms with Crippen LogP contribution in [-0.4, -0.2) is 107 Å². The van der Waals surface area contributed by atoms with Crippen molar-refractivity contribution in [3.63, 3.8) is 0 Å². The zero-order chi connectivity index (χ0) is 35.9. The molecule has 270 valence electrons. The van der Waals surface area contributed by atoms with E-state index in [1.807, 2.05) is 4.72 Å². The molecule has 1 aliphatic heterocycles. The highest BCUT2D eigenvalue weighted by atomic mass is 32.2. The van der Waals surface area contributed by atoms with E-state index in [1.165, 1.54) is 11.9 Å². The lowest BCUT2D eigenvalue weighted by Crippen LogP contribution is -2.59. The summed E-state index contributed by atoms with van der Waals surface area (Å²) in [6, 6.07) is 3.33. The number of halogens is 5. The topological polar surface area (TPSA) is 178 Å². The molecule has 0 spiro atoms. The Hall–Kier alpha value is -3.94. The van der Waals surface area contributed by atoms with E-state index >= 15 is 0 Å². The minimum atomic E-state index is -4.49. The summed E-state index contributed by atoms with van der Waals surface area (Å²) in [5.74, 6) is -4.51. The quantitative estimate of drug-likeness (QED) is 0.244. The van der Waals surface area contributed by atoms with Gasteiger partial charge in [-0.25, -0.2) is 17.2 Å². The summed E-state index contributed by atoms with van der Waals surface area (Å²) in [4.78, 5) is 43.2. The fourth-order valence-electron chi connectivity index (χ4n) is 5.90. The van der Waals surface area contributed by atoms with Crippen molar-refractivity contribution in [2.45, 2.75) is 87.5 Å². The number of nitrogens with zero attached hydrogens (tertiary/aromatic N) is 5. The minimum absolute atomic E-state index is 0.180. The SMILES string of the molecule is COc1ccc(-c2nnn([C@@H]3CC(C(=O)N[C@]4(C(=O)NS(=O)(=O)C5CC5)C[C@H]4C(F)F)N(C(=O)[C@@H](NCCC(F)(F)F)C(C)C)C3)n2)cc1. The van der Waals surface area contributed by atoms with E-state index in [-0.39, 0.29) is 18.8 Å². The van der Waals surface area contributed by atoms with Crippen molar-refractivity contribution in [3.05, 3.63) is 24.3 Å². The van der Waals surface area contributed by atoms with Gasteiger partial charge < -0.3 is 20.3 Å². The Morgan fingerprint density at radius 1 is 1.12 bits per heavy atom. The highest BCUT2D eigenvalue weighted by Crippen LogP contribution is 2.48. The van der Waals surface area contributed by atoms with Crippen LogP contribution >= 0.6 is 0 Å². The van der Waals surface area contributed by atoms with Gasteiger partial charge in [0, 0.05) is 25.1 Å². The third-order valence-corrected chi connectivity index (χ3v) is 10.8. The average molecular weight is 721 g/mol. The van der Waals surface area contributed by atoms with Gasteiger partial charge in [-0.1, -0.05) is 13.8 Å². The largest absolute Gasteiger partial charge is 0.497 e. The number of hydrogen-bond donors (Lipinski definition) is 3. The molecule has 3 fully saturated rings. The second-order valence-corrected chi connectivity index (χ2v) is 14.8. The third-order valence-electron chi connectivity index (χ3n) is 8.94. The van der Waals surface area contributed by atoms with Crippen LogP contribution < -0.4 is 20.1 Å². The number of rotatable bonds is 14. The second kappa shape index (κ2) is 13.8. The van der Waals surface area contributed by atoms with Crippen molar-refractivity contribution in [2.24, 2.45) is 11.8 Å². The molecule has 5 atom stereocenters. The zero-order valence-corrected chi connectivity index (χ0v) is 27.6. The van der Waals surface area contributed by atoms with Crippen LogP contribution in [0.4, 0.5) is 22.0 Å². The lowest BCUT2D eigenvalue weighted by molar-refractivity contribution is -0.143. The van der Waals surface area contributed by atoms with Crippen LogP contribution in [0.5, 0.6) is 5.75 Å². The highest BCUT2D eigenvalue weighted by molar-refractivity contribution is 7.91. The summed E-state index contributed by atoms with van der Waals surface area (Å²) in [6.45, 7) is 2.40. The van der Waals surface area contributed by atoms with E-state index in [0.717, 1.165) is 4.90 Å². The molecular weight excluding hydrogens is 683 g/mol. The Bertz CT molecular complexity index is 1650. The van der Waals surface area contributed by atoms with E-state index in [0.29, 0.717) is 24.2 Å². The second-order valence-electron chi connectivity index (χ2n) is 12.9. The summed E-state index contributed by atoms with van der Waals surface area (Å²) < 4.78 is 98.5. The number of methoxy groups -OCH3 is 1. The van der Waals surface area contributed by atoms with Gasteiger partial charge in [-0.3, -0.25) is 19.1 Å². The smallest absolute Gasteiger partial charge is 0.390 e. The number of nitrogens with one attached hydrogen (secondary N) is 3. The van der Waals surface area contributed by atoms with Gasteiger partial charge >= 0.3 is 6.18 Å². The highest BCUT2D eigenvalue weighted by Gasteiger charge is 2.66. The first-order valence-corrected chi connectivity index (χ1v) is 17.2. The number of carbonyl (C=O) groups excluding carboxylic acids is 3. The first-order valence-electron chi connectivity index (χ1n) is 15.7. The minimum Gasteiger partial charge on any atom is -0.497 e. The number of carbonyl (C=O) groups is 3. The van der Waals surface area contributed by atoms with Crippen molar-refractivity contribution in [1.29, 1.82) is 0 Å². The maximum Gasteiger partial charge on any atom is 0.390 e. The van der Waals surface area contributed by atoms with E-state index in [2.05, 4.69) is 26.0 Å². The van der Waals surface area contributed by atoms with Crippen LogP contribution in [0.25, 0.3) is 11.4 Å². The van der Waals surface area contributed by atoms with Gasteiger partial charge in [-0.15, -0.1) is 10.2 Å². The van der Waals surface area contributed by atoms with Crippen LogP contribution in [-0.2, 0) is 24.4 Å². The van der Waals surface area contributed by atoms with Gasteiger partial charge in [0.1, 0.15) is 17.3 Å². The predicted octanol–water partition coefficient (Wildman–Crippen LogP) is 1.81. The van der Waals surface area contributed by atoms with Crippen molar-refractivity contribution in [1.82, 2.24) is 40.5 Å². The van der Waals surface area contributed by atoms with Gasteiger partial charge in [0.05, 0.1) is 36.8 Å². The number of ether oxygens (including phenoxy) is 1. The molecule has 1 unspecified atom stereocenters. The number of alkyl halides is 5. The Morgan fingerprint density at radius 3 is 2.35 bits per heavy atom. The number of aromatic nitrogens is 4. The van der Waals surface area contributed by atoms with Gasteiger partial charge in [0.25, 0.3) is 5.91 Å². The molecule has 1 saturated heterocycles. The molecule has 2 aromatic rings. The van der Waals surface area contributed by atoms with Gasteiger partial charge in [-0.05, 0) is 54.7 Å². The van der Waals surface area contributed by atoms with Gasteiger partial charge in [0.2, 0.25) is 34.1 Å². The molecule has 2 aliphatic carbocycles. The monoisotopic (exact) mass is 720 g/mol. The van der Waals surface area contributed by atoms with Crippen molar-refractivity contribution >= 4 is 27.7 Å². The molecule has 1 aromatic heterocycles. The molecule has 14 nitrogen and oxygen atoms in total. The molecular formula is C29H37F5N8O6S.